The molecule has 1 saturated heterocycles. The Labute approximate surface area is 323 Å². The van der Waals surface area contributed by atoms with Gasteiger partial charge in [0.15, 0.2) is 5.82 Å². The molecule has 4 rings (SSSR count). The highest BCUT2D eigenvalue weighted by Gasteiger charge is 2.58. The molecular formula is C39H57N6O9P. The number of aliphatic hydroxyl groups excluding tert-OH is 2. The molecule has 1 aromatic carbocycles. The van der Waals surface area contributed by atoms with Gasteiger partial charge in [-0.1, -0.05) is 103 Å². The molecule has 0 spiro atoms. The van der Waals surface area contributed by atoms with Crippen molar-refractivity contribution < 1.29 is 42.9 Å². The number of anilines is 1. The van der Waals surface area contributed by atoms with Crippen molar-refractivity contribution in [3.8, 4) is 12.1 Å². The number of phosphoric acid groups is 1. The maximum absolute atomic E-state index is 13.0. The number of hydrogen-bond acceptors (Lipinski definition) is 13. The molecule has 302 valence electrons. The minimum atomic E-state index is -4.75. The number of nitrogens with zero attached hydrogens (tertiary/aromatic N) is 5. The number of aliphatic hydroxyl groups is 2. The Kier molecular flexibility index (Phi) is 18.4. The van der Waals surface area contributed by atoms with Gasteiger partial charge < -0.3 is 35.1 Å². The zero-order valence-corrected chi connectivity index (χ0v) is 32.7. The molecule has 0 saturated carbocycles. The highest BCUT2D eigenvalue weighted by atomic mass is 31.2. The lowest BCUT2D eigenvalue weighted by Crippen LogP contribution is -2.41. The summed E-state index contributed by atoms with van der Waals surface area (Å²) in [5.74, 6) is 0.125. The maximum atomic E-state index is 13.0. The molecule has 0 aliphatic carbocycles. The van der Waals surface area contributed by atoms with E-state index in [0.717, 1.165) is 24.8 Å². The molecular weight excluding hydrogens is 727 g/mol. The van der Waals surface area contributed by atoms with Crippen molar-refractivity contribution in [1.82, 2.24) is 14.6 Å². The van der Waals surface area contributed by atoms with Crippen LogP contribution >= 0.6 is 7.82 Å². The summed E-state index contributed by atoms with van der Waals surface area (Å²) >= 11 is 0. The normalized spacial score (nSPS) is 21.3. The Morgan fingerprint density at radius 3 is 2.18 bits per heavy atom. The van der Waals surface area contributed by atoms with E-state index in [2.05, 4.69) is 23.1 Å². The van der Waals surface area contributed by atoms with Crippen LogP contribution in [0, 0.1) is 22.7 Å². The van der Waals surface area contributed by atoms with Gasteiger partial charge in [0.1, 0.15) is 42.3 Å². The van der Waals surface area contributed by atoms with Gasteiger partial charge in [-0.15, -0.1) is 0 Å². The van der Waals surface area contributed by atoms with Crippen molar-refractivity contribution in [2.75, 3.05) is 32.2 Å². The van der Waals surface area contributed by atoms with Crippen molar-refractivity contribution in [3.63, 3.8) is 0 Å². The van der Waals surface area contributed by atoms with Crippen molar-refractivity contribution >= 4 is 19.2 Å². The molecule has 2 aromatic heterocycles. The Morgan fingerprint density at radius 1 is 0.927 bits per heavy atom. The minimum Gasteiger partial charge on any atom is -0.387 e. The standard InChI is InChI=1S/C39H57N6O9P/c1-2-3-4-5-6-7-8-9-10-11-12-13-14-15-22-50-25-32(51-24-31-18-16-30(23-40)17-19-31)26-52-55(48,49)53-27-34-36(46)37(47)39(28-41,54-34)35-21-20-33-38(42)43-29-44-45(33)35/h16-21,29,32,34,36-37,46-47H,2-15,22,24-27H2,1H3,(H,48,49)(H2,42,43,44)/t32-,34-,36-,37-,39+/m1/s1. The lowest BCUT2D eigenvalue weighted by molar-refractivity contribution is -0.0690. The molecule has 5 N–H and O–H groups in total. The predicted octanol–water partition coefficient (Wildman–Crippen LogP) is 6.24. The van der Waals surface area contributed by atoms with E-state index in [1.165, 1.54) is 93.6 Å². The van der Waals surface area contributed by atoms with E-state index >= 15 is 0 Å². The molecule has 3 heterocycles. The third-order valence-corrected chi connectivity index (χ3v) is 10.8. The number of fused-ring (bicyclic) bond motifs is 1. The van der Waals surface area contributed by atoms with Crippen LogP contribution in [0.4, 0.5) is 5.82 Å². The first-order chi connectivity index (χ1) is 26.6. The summed E-state index contributed by atoms with van der Waals surface area (Å²) in [5, 5.41) is 45.1. The second-order valence-corrected chi connectivity index (χ2v) is 15.5. The smallest absolute Gasteiger partial charge is 0.387 e. The van der Waals surface area contributed by atoms with Gasteiger partial charge in [-0.25, -0.2) is 14.1 Å². The zero-order chi connectivity index (χ0) is 39.5. The zero-order valence-electron chi connectivity index (χ0n) is 31.8. The van der Waals surface area contributed by atoms with Crippen LogP contribution < -0.4 is 5.73 Å². The number of aromatic nitrogens is 3. The lowest BCUT2D eigenvalue weighted by Gasteiger charge is -2.24. The van der Waals surface area contributed by atoms with Crippen LogP contribution in [-0.2, 0) is 40.0 Å². The Balaban J connectivity index is 1.21. The van der Waals surface area contributed by atoms with Gasteiger partial charge in [0.05, 0.1) is 43.8 Å². The van der Waals surface area contributed by atoms with Gasteiger partial charge in [-0.2, -0.15) is 15.6 Å². The monoisotopic (exact) mass is 784 g/mol. The molecule has 1 aliphatic rings. The van der Waals surface area contributed by atoms with E-state index in [-0.39, 0.29) is 31.3 Å². The van der Waals surface area contributed by atoms with Gasteiger partial charge >= 0.3 is 7.82 Å². The third-order valence-electron chi connectivity index (χ3n) is 9.83. The van der Waals surface area contributed by atoms with Crippen LogP contribution in [-0.4, -0.2) is 80.5 Å². The highest BCUT2D eigenvalue weighted by Crippen LogP contribution is 2.46. The fourth-order valence-electron chi connectivity index (χ4n) is 6.58. The van der Waals surface area contributed by atoms with Crippen LogP contribution in [0.5, 0.6) is 0 Å². The average Bonchev–Trinajstić information content (AvgIpc) is 3.74. The van der Waals surface area contributed by atoms with E-state index in [4.69, 9.17) is 34.3 Å². The summed E-state index contributed by atoms with van der Waals surface area (Å²) in [6, 6.07) is 13.8. The number of ether oxygens (including phenoxy) is 3. The first-order valence-corrected chi connectivity index (χ1v) is 21.0. The van der Waals surface area contributed by atoms with Gasteiger partial charge in [0.2, 0.25) is 5.60 Å². The largest absolute Gasteiger partial charge is 0.472 e. The number of rotatable bonds is 27. The Morgan fingerprint density at radius 2 is 1.56 bits per heavy atom. The molecule has 0 bridgehead atoms. The summed E-state index contributed by atoms with van der Waals surface area (Å²) < 4.78 is 42.4. The fraction of sp³-hybridized carbons (Fsp3) is 0.641. The van der Waals surface area contributed by atoms with Crippen molar-refractivity contribution in [2.45, 2.75) is 133 Å². The second-order valence-electron chi connectivity index (χ2n) is 14.1. The van der Waals surface area contributed by atoms with Gasteiger partial charge in [0.25, 0.3) is 0 Å². The first kappa shape index (κ1) is 44.2. The van der Waals surface area contributed by atoms with Crippen LogP contribution in [0.2, 0.25) is 0 Å². The van der Waals surface area contributed by atoms with E-state index in [1.54, 1.807) is 24.3 Å². The van der Waals surface area contributed by atoms with Crippen LogP contribution in [0.3, 0.4) is 0 Å². The fourth-order valence-corrected chi connectivity index (χ4v) is 7.34. The van der Waals surface area contributed by atoms with Crippen LogP contribution in [0.25, 0.3) is 5.52 Å². The number of nitriles is 2. The number of phosphoric ester groups is 1. The van der Waals surface area contributed by atoms with Crippen molar-refractivity contribution in [3.05, 3.63) is 59.5 Å². The molecule has 55 heavy (non-hydrogen) atoms. The summed E-state index contributed by atoms with van der Waals surface area (Å²) in [5.41, 5.74) is 5.53. The molecule has 1 unspecified atom stereocenters. The average molecular weight is 785 g/mol. The quantitative estimate of drug-likeness (QED) is 0.0496. The topological polar surface area (TPSA) is 228 Å². The molecule has 15 nitrogen and oxygen atoms in total. The highest BCUT2D eigenvalue weighted by molar-refractivity contribution is 7.47. The molecule has 6 atom stereocenters. The van der Waals surface area contributed by atoms with E-state index < -0.39 is 44.4 Å². The van der Waals surface area contributed by atoms with Crippen LogP contribution in [0.1, 0.15) is 114 Å². The molecule has 0 amide bonds. The maximum Gasteiger partial charge on any atom is 0.472 e. The molecule has 1 fully saturated rings. The van der Waals surface area contributed by atoms with Gasteiger partial charge in [0, 0.05) is 6.61 Å². The molecule has 1 aliphatic heterocycles. The SMILES string of the molecule is CCCCCCCCCCCCCCCCOC[C@H](COP(=O)(O)OC[C@H]1O[C@@](C#N)(c2ccc3c(N)ncnn23)[C@H](O)[C@@H]1O)OCc1ccc(C#N)cc1. The number of hydrogen-bond donors (Lipinski definition) is 4. The first-order valence-electron chi connectivity index (χ1n) is 19.5. The summed E-state index contributed by atoms with van der Waals surface area (Å²) in [7, 11) is -4.75. The predicted molar refractivity (Wildman–Crippen MR) is 204 cm³/mol. The van der Waals surface area contributed by atoms with E-state index in [1.807, 2.05) is 6.07 Å². The lowest BCUT2D eigenvalue weighted by atomic mass is 9.92. The van der Waals surface area contributed by atoms with Crippen molar-refractivity contribution in [1.29, 1.82) is 10.5 Å². The Bertz CT molecular complexity index is 1710. The number of benzene rings is 1. The molecule has 16 heteroatoms. The number of nitrogen functional groups attached to an aromatic ring is 1. The van der Waals surface area contributed by atoms with Gasteiger partial charge in [-0.05, 0) is 36.2 Å². The van der Waals surface area contributed by atoms with Crippen molar-refractivity contribution in [2.24, 2.45) is 0 Å². The number of nitrogens with two attached hydrogens (primary N) is 1. The summed E-state index contributed by atoms with van der Waals surface area (Å²) in [6.07, 6.45) is 13.1. The summed E-state index contributed by atoms with van der Waals surface area (Å²) in [6.45, 7) is 1.92. The second kappa shape index (κ2) is 22.9. The van der Waals surface area contributed by atoms with Gasteiger partial charge in [-0.3, -0.25) is 9.05 Å². The minimum absolute atomic E-state index is 0.0768. The third kappa shape index (κ3) is 13.3. The van der Waals surface area contributed by atoms with E-state index in [0.29, 0.717) is 17.7 Å². The van der Waals surface area contributed by atoms with E-state index in [9.17, 15) is 24.9 Å². The Hall–Kier alpha value is -3.47. The van der Waals surface area contributed by atoms with Crippen LogP contribution in [0.15, 0.2) is 42.7 Å². The summed E-state index contributed by atoms with van der Waals surface area (Å²) in [4.78, 5) is 14.5. The molecule has 3 aromatic rings. The molecule has 0 radical (unpaired) electrons. The number of unbranched alkanes of at least 4 members (excludes halogenated alkanes) is 13.